The van der Waals surface area contributed by atoms with Crippen LogP contribution in [0.2, 0.25) is 0 Å². The highest BCUT2D eigenvalue weighted by Gasteiger charge is 2.05. The van der Waals surface area contributed by atoms with Crippen molar-refractivity contribution in [2.45, 2.75) is 44.9 Å². The molecule has 0 aliphatic carbocycles. The average Bonchev–Trinajstić information content (AvgIpc) is 2.85. The Bertz CT molecular complexity index is 1050. The van der Waals surface area contributed by atoms with Gasteiger partial charge in [0.15, 0.2) is 0 Å². The Morgan fingerprint density at radius 2 is 1.19 bits per heavy atom. The van der Waals surface area contributed by atoms with E-state index in [0.29, 0.717) is 6.54 Å². The molecule has 8 N–H and O–H groups in total. The van der Waals surface area contributed by atoms with Gasteiger partial charge in [-0.3, -0.25) is 0 Å². The number of benzene rings is 2. The van der Waals surface area contributed by atoms with Crippen LogP contribution >= 0.6 is 31.9 Å². The lowest BCUT2D eigenvalue weighted by Gasteiger charge is -2.16. The molecule has 2 rings (SSSR count). The first kappa shape index (κ1) is 30.8. The number of nitrogens with zero attached hydrogens (tertiary/aromatic N) is 2. The fourth-order valence-electron chi connectivity index (χ4n) is 3.80. The summed E-state index contributed by atoms with van der Waals surface area (Å²) < 4.78 is 12.4. The second kappa shape index (κ2) is 16.4. The number of ether oxygens (including phenoxy) is 2. The monoisotopic (exact) mass is 638 g/mol. The number of rotatable bonds is 16. The second-order valence-corrected chi connectivity index (χ2v) is 10.6. The Hall–Kier alpha value is -2.40. The summed E-state index contributed by atoms with van der Waals surface area (Å²) in [7, 11) is 3.31. The van der Waals surface area contributed by atoms with Crippen molar-refractivity contribution in [2.75, 3.05) is 27.3 Å². The average molecular weight is 640 g/mol. The lowest BCUT2D eigenvalue weighted by atomic mass is 10.1. The van der Waals surface area contributed by atoms with Gasteiger partial charge in [0.1, 0.15) is 11.5 Å². The van der Waals surface area contributed by atoms with E-state index in [2.05, 4.69) is 44.0 Å². The molecule has 10 heteroatoms. The molecule has 0 aliphatic rings. The smallest absolute Gasteiger partial charge is 0.133 e. The predicted molar refractivity (Wildman–Crippen MR) is 158 cm³/mol. The molecule has 0 fully saturated rings. The number of hydrogen-bond donors (Lipinski definition) is 4. The van der Waals surface area contributed by atoms with Crippen LogP contribution in [0.4, 0.5) is 0 Å². The summed E-state index contributed by atoms with van der Waals surface area (Å²) in [6.07, 6.45) is 9.66. The third-order valence-electron chi connectivity index (χ3n) is 5.82. The first-order valence-corrected chi connectivity index (χ1v) is 13.9. The number of halogens is 2. The van der Waals surface area contributed by atoms with Crippen molar-refractivity contribution < 1.29 is 9.47 Å². The molecular weight excluding hydrogens is 600 g/mol. The van der Waals surface area contributed by atoms with Crippen molar-refractivity contribution in [1.82, 2.24) is 10.0 Å². The standard InChI is InChI=1S/C27H40Br2N6O2/c1-36-26-11-9-20(16-24(26)28)6-5-14-34(32)18-22(30)7-3-4-8-23(31)19-35(33)15-13-21-10-12-27(37-2)25(29)17-21/h9-12,16-19H,3-8,13-15,30-33H2,1-2H3/b22-18-,23-19-. The predicted octanol–water partition coefficient (Wildman–Crippen LogP) is 4.92. The molecule has 0 amide bonds. The van der Waals surface area contributed by atoms with Gasteiger partial charge in [-0.1, -0.05) is 12.1 Å². The number of aryl methyl sites for hydroxylation is 1. The molecule has 204 valence electrons. The number of hydrogen-bond acceptors (Lipinski definition) is 8. The highest BCUT2D eigenvalue weighted by Crippen LogP contribution is 2.26. The maximum atomic E-state index is 6.16. The molecular formula is C27H40Br2N6O2. The van der Waals surface area contributed by atoms with Crippen LogP contribution < -0.4 is 32.6 Å². The van der Waals surface area contributed by atoms with Gasteiger partial charge in [0, 0.05) is 36.9 Å². The van der Waals surface area contributed by atoms with Crippen molar-refractivity contribution in [3.05, 3.63) is 80.3 Å². The molecule has 0 aliphatic heterocycles. The maximum absolute atomic E-state index is 6.16. The second-order valence-electron chi connectivity index (χ2n) is 8.88. The molecule has 37 heavy (non-hydrogen) atoms. The molecule has 8 nitrogen and oxygen atoms in total. The number of hydrazine groups is 2. The molecule has 0 aromatic heterocycles. The van der Waals surface area contributed by atoms with E-state index in [1.807, 2.05) is 30.5 Å². The zero-order valence-electron chi connectivity index (χ0n) is 21.8. The molecule has 0 radical (unpaired) electrons. The largest absolute Gasteiger partial charge is 0.496 e. The van der Waals surface area contributed by atoms with Crippen LogP contribution in [0, 0.1) is 0 Å². The molecule has 0 spiro atoms. The minimum Gasteiger partial charge on any atom is -0.496 e. The van der Waals surface area contributed by atoms with E-state index in [-0.39, 0.29) is 0 Å². The zero-order chi connectivity index (χ0) is 27.2. The summed E-state index contributed by atoms with van der Waals surface area (Å²) in [5.41, 5.74) is 16.2. The Morgan fingerprint density at radius 1 is 0.730 bits per heavy atom. The van der Waals surface area contributed by atoms with Crippen LogP contribution in [0.25, 0.3) is 0 Å². The Labute approximate surface area is 237 Å². The minimum absolute atomic E-state index is 0.664. The quantitative estimate of drug-likeness (QED) is 0.116. The van der Waals surface area contributed by atoms with E-state index in [1.54, 1.807) is 30.4 Å². The van der Waals surface area contributed by atoms with E-state index in [1.165, 1.54) is 11.1 Å². The van der Waals surface area contributed by atoms with E-state index in [4.69, 9.17) is 32.6 Å². The number of nitrogens with two attached hydrogens (primary N) is 4. The summed E-state index contributed by atoms with van der Waals surface area (Å²) >= 11 is 7.03. The van der Waals surface area contributed by atoms with E-state index < -0.39 is 0 Å². The van der Waals surface area contributed by atoms with Gasteiger partial charge in [-0.15, -0.1) is 0 Å². The van der Waals surface area contributed by atoms with Gasteiger partial charge in [-0.2, -0.15) is 0 Å². The maximum Gasteiger partial charge on any atom is 0.133 e. The molecule has 2 aromatic carbocycles. The molecule has 0 unspecified atom stereocenters. The van der Waals surface area contributed by atoms with Gasteiger partial charge in [-0.25, -0.2) is 11.7 Å². The van der Waals surface area contributed by atoms with Gasteiger partial charge < -0.3 is 31.0 Å². The van der Waals surface area contributed by atoms with Crippen molar-refractivity contribution in [2.24, 2.45) is 23.2 Å². The van der Waals surface area contributed by atoms with Crippen molar-refractivity contribution in [1.29, 1.82) is 0 Å². The van der Waals surface area contributed by atoms with E-state index in [9.17, 15) is 0 Å². The number of methoxy groups -OCH3 is 2. The number of unbranched alkanes of at least 4 members (excludes halogenated alkanes) is 1. The van der Waals surface area contributed by atoms with E-state index >= 15 is 0 Å². The first-order valence-electron chi connectivity index (χ1n) is 12.3. The fourth-order valence-corrected chi connectivity index (χ4v) is 4.97. The van der Waals surface area contributed by atoms with E-state index in [0.717, 1.165) is 83.3 Å². The highest BCUT2D eigenvalue weighted by atomic mass is 79.9. The molecule has 0 bridgehead atoms. The van der Waals surface area contributed by atoms with Crippen molar-refractivity contribution in [3.63, 3.8) is 0 Å². The van der Waals surface area contributed by atoms with Gasteiger partial charge in [-0.05, 0) is 112 Å². The lowest BCUT2D eigenvalue weighted by molar-refractivity contribution is 0.381. The Balaban J connectivity index is 1.63. The topological polar surface area (TPSA) is 129 Å². The molecule has 0 saturated carbocycles. The van der Waals surface area contributed by atoms with Crippen LogP contribution in [-0.2, 0) is 12.8 Å². The summed E-state index contributed by atoms with van der Waals surface area (Å²) in [6.45, 7) is 1.39. The SMILES string of the molecule is COc1ccc(CCCN(N)/C=C(\N)CCCC/C(N)=C/N(N)CCc2ccc(OC)c(Br)c2)cc1Br. The van der Waals surface area contributed by atoms with Gasteiger partial charge in [0.05, 0.1) is 23.2 Å². The Morgan fingerprint density at radius 3 is 1.65 bits per heavy atom. The van der Waals surface area contributed by atoms with Crippen LogP contribution in [0.3, 0.4) is 0 Å². The van der Waals surface area contributed by atoms with Crippen molar-refractivity contribution in [3.8, 4) is 11.5 Å². The van der Waals surface area contributed by atoms with Crippen LogP contribution in [-0.4, -0.2) is 37.3 Å². The summed E-state index contributed by atoms with van der Waals surface area (Å²) in [5, 5.41) is 3.30. The third-order valence-corrected chi connectivity index (χ3v) is 7.06. The van der Waals surface area contributed by atoms with Crippen LogP contribution in [0.15, 0.2) is 69.1 Å². The fraction of sp³-hybridized carbons (Fsp3) is 0.407. The van der Waals surface area contributed by atoms with Gasteiger partial charge >= 0.3 is 0 Å². The number of allylic oxidation sites excluding steroid dienone is 2. The minimum atomic E-state index is 0.664. The Kier molecular flexibility index (Phi) is 13.7. The highest BCUT2D eigenvalue weighted by molar-refractivity contribution is 9.10. The zero-order valence-corrected chi connectivity index (χ0v) is 24.9. The molecule has 0 heterocycles. The lowest BCUT2D eigenvalue weighted by Crippen LogP contribution is -2.28. The summed E-state index contributed by atoms with van der Waals surface area (Å²) in [4.78, 5) is 0. The molecule has 0 saturated heterocycles. The third kappa shape index (κ3) is 11.7. The van der Waals surface area contributed by atoms with Crippen LogP contribution in [0.1, 0.15) is 43.2 Å². The van der Waals surface area contributed by atoms with Gasteiger partial charge in [0.25, 0.3) is 0 Å². The van der Waals surface area contributed by atoms with Crippen molar-refractivity contribution >= 4 is 31.9 Å². The summed E-state index contributed by atoms with van der Waals surface area (Å²) in [6, 6.07) is 12.1. The van der Waals surface area contributed by atoms with Crippen LogP contribution in [0.5, 0.6) is 11.5 Å². The normalized spacial score (nSPS) is 11.9. The summed E-state index contributed by atoms with van der Waals surface area (Å²) in [5.74, 6) is 13.9. The molecule has 0 atom stereocenters. The first-order chi connectivity index (χ1) is 17.7. The molecule has 2 aromatic rings. The van der Waals surface area contributed by atoms with Gasteiger partial charge in [0.2, 0.25) is 0 Å².